The summed E-state index contributed by atoms with van der Waals surface area (Å²) in [4.78, 5) is 4.64. The fourth-order valence-corrected chi connectivity index (χ4v) is 3.10. The molecule has 0 N–H and O–H groups in total. The molecule has 0 atom stereocenters. The summed E-state index contributed by atoms with van der Waals surface area (Å²) in [6.45, 7) is 2.27. The molecule has 0 spiro atoms. The molecule has 2 nitrogen and oxygen atoms in total. The van der Waals surface area contributed by atoms with E-state index in [1.807, 2.05) is 12.1 Å². The Labute approximate surface area is 153 Å². The first kappa shape index (κ1) is 19.5. The van der Waals surface area contributed by atoms with Crippen LogP contribution in [0.1, 0.15) is 68.7 Å². The smallest absolute Gasteiger partial charge is 0.118 e. The maximum absolute atomic E-state index is 5.20. The van der Waals surface area contributed by atoms with Gasteiger partial charge in [-0.2, -0.15) is 0 Å². The molecule has 0 aliphatic carbocycles. The fourth-order valence-electron chi connectivity index (χ4n) is 3.10. The van der Waals surface area contributed by atoms with Gasteiger partial charge in [0.15, 0.2) is 0 Å². The number of ether oxygens (including phenoxy) is 1. The summed E-state index contributed by atoms with van der Waals surface area (Å²) < 4.78 is 5.20. The van der Waals surface area contributed by atoms with Crippen molar-refractivity contribution in [1.82, 2.24) is 4.98 Å². The summed E-state index contributed by atoms with van der Waals surface area (Å²) in [6, 6.07) is 12.8. The number of pyridine rings is 1. The summed E-state index contributed by atoms with van der Waals surface area (Å²) >= 11 is 0. The number of rotatable bonds is 12. The zero-order valence-electron chi connectivity index (χ0n) is 16.0. The van der Waals surface area contributed by atoms with Crippen molar-refractivity contribution in [3.63, 3.8) is 0 Å². The Morgan fingerprint density at radius 1 is 0.720 bits per heavy atom. The Balaban J connectivity index is 1.65. The zero-order valence-corrected chi connectivity index (χ0v) is 16.0. The molecule has 0 radical (unpaired) electrons. The van der Waals surface area contributed by atoms with E-state index in [0.717, 1.165) is 18.6 Å². The monoisotopic (exact) mass is 339 g/mol. The number of methoxy groups -OCH3 is 1. The van der Waals surface area contributed by atoms with E-state index < -0.39 is 0 Å². The van der Waals surface area contributed by atoms with E-state index in [0.29, 0.717) is 0 Å². The van der Waals surface area contributed by atoms with Crippen LogP contribution in [0.4, 0.5) is 0 Å². The van der Waals surface area contributed by atoms with E-state index >= 15 is 0 Å². The maximum Gasteiger partial charge on any atom is 0.118 e. The van der Waals surface area contributed by atoms with E-state index in [1.165, 1.54) is 68.2 Å². The Hall–Kier alpha value is -1.83. The largest absolute Gasteiger partial charge is 0.497 e. The van der Waals surface area contributed by atoms with Crippen LogP contribution >= 0.6 is 0 Å². The van der Waals surface area contributed by atoms with Gasteiger partial charge >= 0.3 is 0 Å². The van der Waals surface area contributed by atoms with Crippen LogP contribution in [0.5, 0.6) is 5.75 Å². The highest BCUT2D eigenvalue weighted by atomic mass is 16.5. The quantitative estimate of drug-likeness (QED) is 0.431. The standard InChI is InChI=1S/C23H33NO/c1-3-4-5-6-7-8-9-10-21-12-16-22(24-19-21)15-11-20-13-17-23(25-2)18-14-20/h12-14,16-19H,3-11,15H2,1-2H3. The number of aryl methyl sites for hydroxylation is 3. The van der Waals surface area contributed by atoms with Crippen molar-refractivity contribution in [3.05, 3.63) is 59.4 Å². The first-order chi connectivity index (χ1) is 12.3. The molecule has 0 aliphatic heterocycles. The molecule has 25 heavy (non-hydrogen) atoms. The highest BCUT2D eigenvalue weighted by Gasteiger charge is 2.00. The van der Waals surface area contributed by atoms with Gasteiger partial charge in [0.1, 0.15) is 5.75 Å². The van der Waals surface area contributed by atoms with Crippen LogP contribution in [-0.4, -0.2) is 12.1 Å². The number of unbranched alkanes of at least 4 members (excludes halogenated alkanes) is 6. The van der Waals surface area contributed by atoms with Gasteiger partial charge in [0.2, 0.25) is 0 Å². The van der Waals surface area contributed by atoms with Gasteiger partial charge in [0, 0.05) is 11.9 Å². The summed E-state index contributed by atoms with van der Waals surface area (Å²) in [7, 11) is 1.70. The molecule has 0 amide bonds. The minimum atomic E-state index is 0.914. The number of hydrogen-bond acceptors (Lipinski definition) is 2. The molecule has 0 fully saturated rings. The van der Waals surface area contributed by atoms with Crippen molar-refractivity contribution in [1.29, 1.82) is 0 Å². The fraction of sp³-hybridized carbons (Fsp3) is 0.522. The third kappa shape index (κ3) is 7.72. The third-order valence-corrected chi connectivity index (χ3v) is 4.78. The van der Waals surface area contributed by atoms with E-state index in [4.69, 9.17) is 4.74 Å². The first-order valence-electron chi connectivity index (χ1n) is 9.88. The lowest BCUT2D eigenvalue weighted by molar-refractivity contribution is 0.414. The van der Waals surface area contributed by atoms with Gasteiger partial charge in [-0.1, -0.05) is 63.6 Å². The van der Waals surface area contributed by atoms with Gasteiger partial charge in [-0.3, -0.25) is 4.98 Å². The van der Waals surface area contributed by atoms with Gasteiger partial charge in [0.25, 0.3) is 0 Å². The third-order valence-electron chi connectivity index (χ3n) is 4.78. The number of hydrogen-bond donors (Lipinski definition) is 0. The molecule has 0 aliphatic rings. The van der Waals surface area contributed by atoms with Crippen LogP contribution in [-0.2, 0) is 19.3 Å². The minimum absolute atomic E-state index is 0.914. The molecular formula is C23H33NO. The second kappa shape index (κ2) is 11.7. The molecule has 136 valence electrons. The highest BCUT2D eigenvalue weighted by molar-refractivity contribution is 5.27. The van der Waals surface area contributed by atoms with Crippen LogP contribution in [0.2, 0.25) is 0 Å². The molecule has 0 unspecified atom stereocenters. The molecule has 0 saturated heterocycles. The van der Waals surface area contributed by atoms with Gasteiger partial charge in [-0.05, 0) is 55.0 Å². The van der Waals surface area contributed by atoms with Crippen molar-refractivity contribution in [2.24, 2.45) is 0 Å². The Bertz CT molecular complexity index is 574. The van der Waals surface area contributed by atoms with E-state index in [-0.39, 0.29) is 0 Å². The molecule has 0 bridgehead atoms. The molecule has 1 aromatic carbocycles. The van der Waals surface area contributed by atoms with E-state index in [9.17, 15) is 0 Å². The Morgan fingerprint density at radius 3 is 2.04 bits per heavy atom. The van der Waals surface area contributed by atoms with Gasteiger partial charge in [-0.25, -0.2) is 0 Å². The van der Waals surface area contributed by atoms with Crippen molar-refractivity contribution in [2.75, 3.05) is 7.11 Å². The van der Waals surface area contributed by atoms with Gasteiger partial charge in [-0.15, -0.1) is 0 Å². The molecule has 1 heterocycles. The second-order valence-corrected chi connectivity index (χ2v) is 6.88. The SMILES string of the molecule is CCCCCCCCCc1ccc(CCc2ccc(OC)cc2)nc1. The average molecular weight is 340 g/mol. The van der Waals surface area contributed by atoms with Crippen molar-refractivity contribution >= 4 is 0 Å². The van der Waals surface area contributed by atoms with Gasteiger partial charge in [0.05, 0.1) is 7.11 Å². The van der Waals surface area contributed by atoms with E-state index in [2.05, 4.69) is 42.4 Å². The van der Waals surface area contributed by atoms with Crippen molar-refractivity contribution in [3.8, 4) is 5.75 Å². The molecule has 1 aromatic heterocycles. The topological polar surface area (TPSA) is 22.1 Å². The van der Waals surface area contributed by atoms with Crippen LogP contribution in [0.3, 0.4) is 0 Å². The number of nitrogens with zero attached hydrogens (tertiary/aromatic N) is 1. The maximum atomic E-state index is 5.20. The summed E-state index contributed by atoms with van der Waals surface area (Å²) in [5.41, 5.74) is 3.88. The molecular weight excluding hydrogens is 306 g/mol. The molecule has 2 rings (SSSR count). The number of benzene rings is 1. The Morgan fingerprint density at radius 2 is 1.40 bits per heavy atom. The van der Waals surface area contributed by atoms with Crippen LogP contribution in [0.15, 0.2) is 42.6 Å². The lowest BCUT2D eigenvalue weighted by Gasteiger charge is -2.05. The summed E-state index contributed by atoms with van der Waals surface area (Å²) in [5, 5.41) is 0. The van der Waals surface area contributed by atoms with Crippen LogP contribution in [0, 0.1) is 0 Å². The van der Waals surface area contributed by atoms with Crippen molar-refractivity contribution < 1.29 is 4.74 Å². The van der Waals surface area contributed by atoms with Gasteiger partial charge < -0.3 is 4.74 Å². The van der Waals surface area contributed by atoms with E-state index in [1.54, 1.807) is 7.11 Å². The summed E-state index contributed by atoms with van der Waals surface area (Å²) in [5.74, 6) is 0.914. The highest BCUT2D eigenvalue weighted by Crippen LogP contribution is 2.14. The van der Waals surface area contributed by atoms with Crippen molar-refractivity contribution in [2.45, 2.75) is 71.1 Å². The Kier molecular flexibility index (Phi) is 9.11. The second-order valence-electron chi connectivity index (χ2n) is 6.88. The first-order valence-corrected chi connectivity index (χ1v) is 9.88. The molecule has 2 heteroatoms. The lowest BCUT2D eigenvalue weighted by Crippen LogP contribution is -1.96. The summed E-state index contributed by atoms with van der Waals surface area (Å²) in [6.07, 6.45) is 14.8. The van der Waals surface area contributed by atoms with Crippen LogP contribution < -0.4 is 4.74 Å². The predicted molar refractivity (Wildman–Crippen MR) is 106 cm³/mol. The molecule has 2 aromatic rings. The normalized spacial score (nSPS) is 10.8. The number of aromatic nitrogens is 1. The lowest BCUT2D eigenvalue weighted by atomic mass is 10.0. The zero-order chi connectivity index (χ0) is 17.7. The minimum Gasteiger partial charge on any atom is -0.497 e. The van der Waals surface area contributed by atoms with Crippen LogP contribution in [0.25, 0.3) is 0 Å². The average Bonchev–Trinajstić information content (AvgIpc) is 2.67. The molecule has 0 saturated carbocycles. The predicted octanol–water partition coefficient (Wildman–Crippen LogP) is 6.17.